The van der Waals surface area contributed by atoms with Crippen molar-refractivity contribution in [3.63, 3.8) is 0 Å². The lowest BCUT2D eigenvalue weighted by molar-refractivity contribution is -0.136. The molecule has 0 bridgehead atoms. The molecule has 7 nitrogen and oxygen atoms in total. The third-order valence-electron chi connectivity index (χ3n) is 4.70. The minimum Gasteiger partial charge on any atom is -0.395 e. The van der Waals surface area contributed by atoms with Crippen LogP contribution in [0.2, 0.25) is 0 Å². The molecular formula is C20H24N4O3. The Balaban J connectivity index is 1.99. The number of aromatic nitrogens is 3. The van der Waals surface area contributed by atoms with Gasteiger partial charge in [-0.3, -0.25) is 9.59 Å². The maximum absolute atomic E-state index is 13.3. The number of hydrogen-bond acceptors (Lipinski definition) is 4. The minimum absolute atomic E-state index is 0.0324. The van der Waals surface area contributed by atoms with Gasteiger partial charge in [0.1, 0.15) is 11.9 Å². The molecule has 7 heteroatoms. The number of Topliss-reactive ketones (excluding diaryl/α,β-unsaturated/α-hetero) is 1. The van der Waals surface area contributed by atoms with Gasteiger partial charge in [0.15, 0.2) is 5.78 Å². The number of aromatic amines is 1. The Morgan fingerprint density at radius 2 is 2.11 bits per heavy atom. The third-order valence-corrected chi connectivity index (χ3v) is 4.70. The van der Waals surface area contributed by atoms with Crippen molar-refractivity contribution < 1.29 is 14.7 Å². The molecule has 0 fully saturated rings. The Bertz CT molecular complexity index is 930. The molecule has 0 saturated carbocycles. The number of para-hydroxylation sites is 1. The second kappa shape index (κ2) is 8.18. The molecule has 1 aromatic carbocycles. The van der Waals surface area contributed by atoms with E-state index in [0.29, 0.717) is 24.4 Å². The van der Waals surface area contributed by atoms with E-state index in [1.807, 2.05) is 35.8 Å². The summed E-state index contributed by atoms with van der Waals surface area (Å²) in [5.41, 5.74) is 1.46. The Hall–Kier alpha value is -2.93. The fourth-order valence-electron chi connectivity index (χ4n) is 3.40. The molecule has 3 rings (SSSR count). The summed E-state index contributed by atoms with van der Waals surface area (Å²) in [5.74, 6) is 0.516. The number of aliphatic hydroxyl groups excluding tert-OH is 1. The number of carbonyl (C=O) groups is 2. The Labute approximate surface area is 157 Å². The zero-order valence-electron chi connectivity index (χ0n) is 15.6. The van der Waals surface area contributed by atoms with Crippen molar-refractivity contribution >= 4 is 22.6 Å². The quantitative estimate of drug-likeness (QED) is 0.598. The van der Waals surface area contributed by atoms with Crippen molar-refractivity contribution in [3.8, 4) is 0 Å². The maximum Gasteiger partial charge on any atom is 0.246 e. The lowest BCUT2D eigenvalue weighted by Gasteiger charge is -2.27. The average Bonchev–Trinajstić information content (AvgIpc) is 3.30. The predicted octanol–water partition coefficient (Wildman–Crippen LogP) is 2.54. The fourth-order valence-corrected chi connectivity index (χ4v) is 3.40. The van der Waals surface area contributed by atoms with Gasteiger partial charge in [-0.1, -0.05) is 25.1 Å². The molecule has 3 aromatic rings. The molecule has 0 spiro atoms. The first-order chi connectivity index (χ1) is 13.1. The Kier molecular flexibility index (Phi) is 5.71. The van der Waals surface area contributed by atoms with Crippen LogP contribution in [-0.2, 0) is 11.3 Å². The number of imidazole rings is 1. The van der Waals surface area contributed by atoms with E-state index in [1.165, 1.54) is 6.92 Å². The molecule has 0 radical (unpaired) electrons. The van der Waals surface area contributed by atoms with Gasteiger partial charge in [-0.25, -0.2) is 4.98 Å². The molecule has 1 atom stereocenters. The summed E-state index contributed by atoms with van der Waals surface area (Å²) in [6, 6.07) is 7.13. The first kappa shape index (κ1) is 18.8. The van der Waals surface area contributed by atoms with Gasteiger partial charge in [0.2, 0.25) is 5.91 Å². The number of nitrogens with one attached hydrogen (secondary N) is 1. The zero-order chi connectivity index (χ0) is 19.4. The van der Waals surface area contributed by atoms with Gasteiger partial charge in [0, 0.05) is 41.6 Å². The topological polar surface area (TPSA) is 91.2 Å². The first-order valence-corrected chi connectivity index (χ1v) is 9.05. The van der Waals surface area contributed by atoms with Crippen LogP contribution in [-0.4, -0.2) is 49.4 Å². The van der Waals surface area contributed by atoms with Gasteiger partial charge < -0.3 is 19.6 Å². The highest BCUT2D eigenvalue weighted by Crippen LogP contribution is 2.28. The summed E-state index contributed by atoms with van der Waals surface area (Å²) in [5, 5.41) is 10.3. The van der Waals surface area contributed by atoms with Gasteiger partial charge in [0.05, 0.1) is 13.2 Å². The lowest BCUT2D eigenvalue weighted by Crippen LogP contribution is -2.38. The van der Waals surface area contributed by atoms with Crippen molar-refractivity contribution in [3.05, 3.63) is 54.2 Å². The second-order valence-electron chi connectivity index (χ2n) is 6.47. The highest BCUT2D eigenvalue weighted by Gasteiger charge is 2.27. The number of ketones is 1. The number of hydrogen-bond donors (Lipinski definition) is 2. The van der Waals surface area contributed by atoms with Crippen LogP contribution in [0.3, 0.4) is 0 Å². The van der Waals surface area contributed by atoms with Crippen LogP contribution in [0, 0.1) is 0 Å². The molecule has 2 heterocycles. The second-order valence-corrected chi connectivity index (χ2v) is 6.47. The summed E-state index contributed by atoms with van der Waals surface area (Å²) in [6.45, 7) is 3.85. The van der Waals surface area contributed by atoms with Crippen molar-refractivity contribution in [1.82, 2.24) is 19.4 Å². The van der Waals surface area contributed by atoms with Crippen LogP contribution in [0.25, 0.3) is 10.9 Å². The molecule has 2 N–H and O–H groups in total. The predicted molar refractivity (Wildman–Crippen MR) is 102 cm³/mol. The van der Waals surface area contributed by atoms with Crippen molar-refractivity contribution in [2.45, 2.75) is 32.9 Å². The number of carbonyl (C=O) groups excluding carboxylic acids is 2. The number of nitrogens with zero attached hydrogens (tertiary/aromatic N) is 3. The van der Waals surface area contributed by atoms with Gasteiger partial charge in [0.25, 0.3) is 0 Å². The molecule has 0 saturated heterocycles. The van der Waals surface area contributed by atoms with Crippen LogP contribution < -0.4 is 0 Å². The van der Waals surface area contributed by atoms with E-state index in [4.69, 9.17) is 0 Å². The molecule has 0 aliphatic carbocycles. The number of rotatable bonds is 8. The fraction of sp³-hybridized carbons (Fsp3) is 0.350. The highest BCUT2D eigenvalue weighted by atomic mass is 16.3. The van der Waals surface area contributed by atoms with Crippen molar-refractivity contribution in [2.75, 3.05) is 13.2 Å². The van der Waals surface area contributed by atoms with Crippen LogP contribution in [0.15, 0.2) is 42.9 Å². The van der Waals surface area contributed by atoms with E-state index in [-0.39, 0.29) is 24.8 Å². The number of amides is 1. The van der Waals surface area contributed by atoms with E-state index in [1.54, 1.807) is 23.5 Å². The van der Waals surface area contributed by atoms with Gasteiger partial charge >= 0.3 is 0 Å². The number of benzene rings is 1. The zero-order valence-corrected chi connectivity index (χ0v) is 15.6. The third kappa shape index (κ3) is 3.78. The molecule has 0 aliphatic heterocycles. The molecule has 142 valence electrons. The molecule has 2 aromatic heterocycles. The monoisotopic (exact) mass is 368 g/mol. The summed E-state index contributed by atoms with van der Waals surface area (Å²) in [7, 11) is 0. The molecule has 1 amide bonds. The Morgan fingerprint density at radius 3 is 2.74 bits per heavy atom. The summed E-state index contributed by atoms with van der Waals surface area (Å²) in [4.78, 5) is 34.1. The maximum atomic E-state index is 13.3. The number of H-pyrrole nitrogens is 1. The van der Waals surface area contributed by atoms with E-state index in [9.17, 15) is 14.7 Å². The van der Waals surface area contributed by atoms with Gasteiger partial charge in [-0.15, -0.1) is 0 Å². The molecular weight excluding hydrogens is 344 g/mol. The smallest absolute Gasteiger partial charge is 0.246 e. The minimum atomic E-state index is -0.468. The highest BCUT2D eigenvalue weighted by molar-refractivity contribution is 6.07. The van der Waals surface area contributed by atoms with Gasteiger partial charge in [-0.05, 0) is 19.4 Å². The lowest BCUT2D eigenvalue weighted by atomic mass is 10.1. The number of fused-ring (bicyclic) bond motifs is 1. The first-order valence-electron chi connectivity index (χ1n) is 9.05. The average molecular weight is 368 g/mol. The molecule has 27 heavy (non-hydrogen) atoms. The van der Waals surface area contributed by atoms with E-state index in [0.717, 1.165) is 10.9 Å². The molecule has 1 unspecified atom stereocenters. The summed E-state index contributed by atoms with van der Waals surface area (Å²) in [6.07, 6.45) is 5.66. The Morgan fingerprint density at radius 1 is 1.33 bits per heavy atom. The summed E-state index contributed by atoms with van der Waals surface area (Å²) >= 11 is 0. The summed E-state index contributed by atoms with van der Waals surface area (Å²) < 4.78 is 1.88. The van der Waals surface area contributed by atoms with E-state index < -0.39 is 6.04 Å². The van der Waals surface area contributed by atoms with E-state index >= 15 is 0 Å². The standard InChI is InChI=1S/C20H24N4O3/c1-3-17(20(27)23(10-11-25)13-19-21-8-9-22-19)24-12-16(14(2)26)15-6-4-5-7-18(15)24/h4-9,12,17,25H,3,10-11,13H2,1-2H3,(H,21,22). The number of aliphatic hydroxyl groups is 1. The van der Waals surface area contributed by atoms with Crippen LogP contribution >= 0.6 is 0 Å². The SMILES string of the molecule is CCC(C(=O)N(CCO)Cc1ncc[nH]1)n1cc(C(C)=O)c2ccccc21. The van der Waals surface area contributed by atoms with E-state index in [2.05, 4.69) is 9.97 Å². The largest absolute Gasteiger partial charge is 0.395 e. The van der Waals surface area contributed by atoms with Crippen LogP contribution in [0.4, 0.5) is 0 Å². The normalized spacial score (nSPS) is 12.3. The van der Waals surface area contributed by atoms with Crippen LogP contribution in [0.5, 0.6) is 0 Å². The van der Waals surface area contributed by atoms with Gasteiger partial charge in [-0.2, -0.15) is 0 Å². The van der Waals surface area contributed by atoms with Crippen molar-refractivity contribution in [2.24, 2.45) is 0 Å². The molecule has 0 aliphatic rings. The van der Waals surface area contributed by atoms with Crippen LogP contribution in [0.1, 0.15) is 42.5 Å². The van der Waals surface area contributed by atoms with Crippen molar-refractivity contribution in [1.29, 1.82) is 0 Å².